The van der Waals surface area contributed by atoms with E-state index in [-0.39, 0.29) is 6.04 Å². The van der Waals surface area contributed by atoms with Gasteiger partial charge in [-0.15, -0.1) is 0 Å². The quantitative estimate of drug-likeness (QED) is 0.903. The Morgan fingerprint density at radius 1 is 1.37 bits per heavy atom. The zero-order valence-electron chi connectivity index (χ0n) is 11.1. The summed E-state index contributed by atoms with van der Waals surface area (Å²) in [6.45, 7) is 5.99. The molecule has 1 N–H and O–H groups in total. The summed E-state index contributed by atoms with van der Waals surface area (Å²) in [6.07, 6.45) is 0.950. The monoisotopic (exact) mass is 342 g/mol. The molecule has 3 nitrogen and oxygen atoms in total. The van der Waals surface area contributed by atoms with Gasteiger partial charge in [0.05, 0.1) is 16.4 Å². The number of aryl methyl sites for hydroxylation is 1. The topological polar surface area (TPSA) is 38.1 Å². The van der Waals surface area contributed by atoms with Crippen LogP contribution >= 0.6 is 27.5 Å². The molecule has 0 amide bonds. The van der Waals surface area contributed by atoms with Crippen LogP contribution in [0.3, 0.4) is 0 Å². The first kappa shape index (κ1) is 14.6. The Morgan fingerprint density at radius 3 is 2.63 bits per heavy atom. The molecule has 0 aliphatic heterocycles. The number of hydrogen-bond donors (Lipinski definition) is 1. The lowest BCUT2D eigenvalue weighted by Crippen LogP contribution is -2.12. The summed E-state index contributed by atoms with van der Waals surface area (Å²) in [6, 6.07) is 5.77. The van der Waals surface area contributed by atoms with E-state index >= 15 is 0 Å². The van der Waals surface area contributed by atoms with Crippen LogP contribution in [0.1, 0.15) is 42.8 Å². The van der Waals surface area contributed by atoms with Gasteiger partial charge < -0.3 is 5.11 Å². The molecule has 0 fully saturated rings. The molecule has 2 rings (SSSR count). The van der Waals surface area contributed by atoms with E-state index in [2.05, 4.69) is 21.0 Å². The molecule has 5 heteroatoms. The summed E-state index contributed by atoms with van der Waals surface area (Å²) < 4.78 is 2.60. The first-order valence-corrected chi connectivity index (χ1v) is 7.26. The van der Waals surface area contributed by atoms with Gasteiger partial charge in [-0.1, -0.05) is 23.7 Å². The fourth-order valence-electron chi connectivity index (χ4n) is 1.96. The summed E-state index contributed by atoms with van der Waals surface area (Å²) in [7, 11) is 0. The zero-order chi connectivity index (χ0) is 14.2. The van der Waals surface area contributed by atoms with Gasteiger partial charge in [0.2, 0.25) is 0 Å². The van der Waals surface area contributed by atoms with E-state index in [4.69, 9.17) is 11.6 Å². The highest BCUT2D eigenvalue weighted by Gasteiger charge is 2.21. The fourth-order valence-corrected chi connectivity index (χ4v) is 2.63. The van der Waals surface area contributed by atoms with E-state index in [9.17, 15) is 5.11 Å². The van der Waals surface area contributed by atoms with Crippen molar-refractivity contribution in [1.82, 2.24) is 9.78 Å². The lowest BCUT2D eigenvalue weighted by Gasteiger charge is -2.17. The van der Waals surface area contributed by atoms with Gasteiger partial charge in [0.25, 0.3) is 0 Å². The van der Waals surface area contributed by atoms with Crippen LogP contribution in [0.15, 0.2) is 28.9 Å². The number of aliphatic hydroxyl groups is 1. The van der Waals surface area contributed by atoms with Crippen LogP contribution in [0.2, 0.25) is 5.02 Å². The highest BCUT2D eigenvalue weighted by molar-refractivity contribution is 9.10. The molecule has 102 valence electrons. The molecule has 0 radical (unpaired) electrons. The molecule has 1 unspecified atom stereocenters. The maximum atomic E-state index is 10.6. The Balaban J connectivity index is 2.46. The predicted molar refractivity (Wildman–Crippen MR) is 80.6 cm³/mol. The van der Waals surface area contributed by atoms with Crippen LogP contribution in [0.4, 0.5) is 0 Å². The minimum atomic E-state index is -0.752. The number of aliphatic hydroxyl groups excluding tert-OH is 1. The Labute approximate surface area is 126 Å². The van der Waals surface area contributed by atoms with Crippen LogP contribution < -0.4 is 0 Å². The van der Waals surface area contributed by atoms with Crippen molar-refractivity contribution in [1.29, 1.82) is 0 Å². The number of nitrogens with zero attached hydrogens (tertiary/aromatic N) is 2. The third kappa shape index (κ3) is 2.86. The molecule has 0 spiro atoms. The largest absolute Gasteiger partial charge is 0.382 e. The fraction of sp³-hybridized carbons (Fsp3) is 0.357. The second-order valence-electron chi connectivity index (χ2n) is 4.83. The van der Waals surface area contributed by atoms with Crippen LogP contribution in [0, 0.1) is 6.92 Å². The van der Waals surface area contributed by atoms with Crippen LogP contribution in [0.25, 0.3) is 0 Å². The van der Waals surface area contributed by atoms with E-state index in [1.807, 2.05) is 37.6 Å². The normalized spacial score (nSPS) is 13.0. The Hall–Kier alpha value is -0.840. The van der Waals surface area contributed by atoms with Gasteiger partial charge in [-0.3, -0.25) is 4.68 Å². The first-order chi connectivity index (χ1) is 8.91. The molecular weight excluding hydrogens is 328 g/mol. The van der Waals surface area contributed by atoms with Crippen LogP contribution in [-0.4, -0.2) is 14.9 Å². The number of benzene rings is 1. The number of hydrogen-bond acceptors (Lipinski definition) is 2. The molecular formula is C14H16BrClN2O. The maximum Gasteiger partial charge on any atom is 0.122 e. The number of halogens is 2. The second kappa shape index (κ2) is 5.65. The summed E-state index contributed by atoms with van der Waals surface area (Å²) in [5, 5.41) is 15.5. The SMILES string of the molecule is Cc1ccc(C(O)c2c(Br)cnn2C(C)C)cc1Cl. The average Bonchev–Trinajstić information content (AvgIpc) is 2.74. The van der Waals surface area contributed by atoms with Crippen molar-refractivity contribution < 1.29 is 5.11 Å². The van der Waals surface area contributed by atoms with Gasteiger partial charge in [0.15, 0.2) is 0 Å². The summed E-state index contributed by atoms with van der Waals surface area (Å²) in [5.41, 5.74) is 2.50. The third-order valence-corrected chi connectivity index (χ3v) is 4.06. The smallest absolute Gasteiger partial charge is 0.122 e. The van der Waals surface area contributed by atoms with E-state index in [1.54, 1.807) is 12.3 Å². The van der Waals surface area contributed by atoms with Crippen molar-refractivity contribution in [3.05, 3.63) is 50.7 Å². The van der Waals surface area contributed by atoms with Crippen molar-refractivity contribution in [2.75, 3.05) is 0 Å². The summed E-state index contributed by atoms with van der Waals surface area (Å²) in [4.78, 5) is 0. The van der Waals surface area contributed by atoms with Crippen LogP contribution in [0.5, 0.6) is 0 Å². The Morgan fingerprint density at radius 2 is 2.05 bits per heavy atom. The number of rotatable bonds is 3. The second-order valence-corrected chi connectivity index (χ2v) is 6.09. The average molecular weight is 344 g/mol. The minimum Gasteiger partial charge on any atom is -0.382 e. The van der Waals surface area contributed by atoms with Crippen molar-refractivity contribution in [2.45, 2.75) is 32.9 Å². The minimum absolute atomic E-state index is 0.178. The maximum absolute atomic E-state index is 10.6. The number of aromatic nitrogens is 2. The van der Waals surface area contributed by atoms with E-state index in [0.29, 0.717) is 5.02 Å². The van der Waals surface area contributed by atoms with Gasteiger partial charge in [0, 0.05) is 11.1 Å². The lowest BCUT2D eigenvalue weighted by atomic mass is 10.0. The lowest BCUT2D eigenvalue weighted by molar-refractivity contribution is 0.204. The van der Waals surface area contributed by atoms with Crippen molar-refractivity contribution in [2.24, 2.45) is 0 Å². The van der Waals surface area contributed by atoms with Gasteiger partial charge >= 0.3 is 0 Å². The van der Waals surface area contributed by atoms with Gasteiger partial charge in [0.1, 0.15) is 6.10 Å². The molecule has 1 atom stereocenters. The van der Waals surface area contributed by atoms with Crippen molar-refractivity contribution >= 4 is 27.5 Å². The molecule has 0 aliphatic carbocycles. The molecule has 1 aromatic carbocycles. The van der Waals surface area contributed by atoms with E-state index in [1.165, 1.54) is 0 Å². The molecule has 0 bridgehead atoms. The summed E-state index contributed by atoms with van der Waals surface area (Å²) >= 11 is 9.56. The standard InChI is InChI=1S/C14H16BrClN2O/c1-8(2)18-13(11(15)7-17-18)14(19)10-5-4-9(3)12(16)6-10/h4-8,14,19H,1-3H3. The van der Waals surface area contributed by atoms with Gasteiger partial charge in [-0.2, -0.15) is 5.10 Å². The third-order valence-electron chi connectivity index (χ3n) is 3.05. The molecule has 19 heavy (non-hydrogen) atoms. The molecule has 2 aromatic rings. The highest BCUT2D eigenvalue weighted by Crippen LogP contribution is 2.32. The molecule has 0 saturated carbocycles. The molecule has 1 heterocycles. The van der Waals surface area contributed by atoms with Crippen molar-refractivity contribution in [3.8, 4) is 0 Å². The predicted octanol–water partition coefficient (Wildman–Crippen LogP) is 4.27. The Bertz CT molecular complexity index is 595. The van der Waals surface area contributed by atoms with Crippen molar-refractivity contribution in [3.63, 3.8) is 0 Å². The van der Waals surface area contributed by atoms with Gasteiger partial charge in [-0.05, 0) is 53.9 Å². The highest BCUT2D eigenvalue weighted by atomic mass is 79.9. The van der Waals surface area contributed by atoms with Crippen LogP contribution in [-0.2, 0) is 0 Å². The summed E-state index contributed by atoms with van der Waals surface area (Å²) in [5.74, 6) is 0. The van der Waals surface area contributed by atoms with E-state index in [0.717, 1.165) is 21.3 Å². The van der Waals surface area contributed by atoms with E-state index < -0.39 is 6.10 Å². The molecule has 0 saturated heterocycles. The molecule has 1 aromatic heterocycles. The molecule has 0 aliphatic rings. The first-order valence-electron chi connectivity index (χ1n) is 6.08. The Kier molecular flexibility index (Phi) is 4.33. The van der Waals surface area contributed by atoms with Gasteiger partial charge in [-0.25, -0.2) is 0 Å². The zero-order valence-corrected chi connectivity index (χ0v) is 13.4.